The number of carbonyl (C=O) groups is 1. The molecular weight excluding hydrogens is 262 g/mol. The molecule has 1 amide bonds. The molecule has 0 saturated heterocycles. The predicted molar refractivity (Wildman–Crippen MR) is 74.6 cm³/mol. The Kier molecular flexibility index (Phi) is 3.70. The molecule has 104 valence electrons. The van der Waals surface area contributed by atoms with Gasteiger partial charge in [-0.2, -0.15) is 0 Å². The van der Waals surface area contributed by atoms with E-state index in [1.54, 1.807) is 12.1 Å². The van der Waals surface area contributed by atoms with E-state index in [1.807, 2.05) is 19.9 Å². The summed E-state index contributed by atoms with van der Waals surface area (Å²) in [6.07, 6.45) is 0. The number of hydrogen-bond donors (Lipinski definition) is 2. The summed E-state index contributed by atoms with van der Waals surface area (Å²) >= 11 is 0. The molecule has 2 aromatic carbocycles. The van der Waals surface area contributed by atoms with Gasteiger partial charge in [-0.15, -0.1) is 0 Å². The van der Waals surface area contributed by atoms with Crippen molar-refractivity contribution >= 4 is 17.3 Å². The van der Waals surface area contributed by atoms with E-state index in [9.17, 15) is 13.6 Å². The minimum atomic E-state index is -1.16. The van der Waals surface area contributed by atoms with Crippen LogP contribution in [0.5, 0.6) is 0 Å². The first-order valence-electron chi connectivity index (χ1n) is 6.01. The quantitative estimate of drug-likeness (QED) is 0.826. The van der Waals surface area contributed by atoms with E-state index < -0.39 is 17.5 Å². The van der Waals surface area contributed by atoms with Crippen LogP contribution in [-0.4, -0.2) is 5.91 Å². The highest BCUT2D eigenvalue weighted by atomic mass is 19.2. The number of rotatable bonds is 2. The predicted octanol–water partition coefficient (Wildman–Crippen LogP) is 3.42. The van der Waals surface area contributed by atoms with Crippen LogP contribution in [0, 0.1) is 25.5 Å². The van der Waals surface area contributed by atoms with Crippen LogP contribution >= 0.6 is 0 Å². The Balaban J connectivity index is 2.35. The molecule has 0 saturated carbocycles. The number of nitrogens with two attached hydrogens (primary N) is 1. The van der Waals surface area contributed by atoms with Gasteiger partial charge in [0.15, 0.2) is 11.6 Å². The molecule has 0 atom stereocenters. The van der Waals surface area contributed by atoms with Crippen molar-refractivity contribution in [1.82, 2.24) is 0 Å². The number of benzene rings is 2. The van der Waals surface area contributed by atoms with Crippen molar-refractivity contribution in [3.8, 4) is 0 Å². The lowest BCUT2D eigenvalue weighted by Gasteiger charge is -2.10. The van der Waals surface area contributed by atoms with Crippen molar-refractivity contribution in [2.75, 3.05) is 11.1 Å². The molecule has 0 aliphatic heterocycles. The molecular formula is C15H14F2N2O. The molecule has 0 spiro atoms. The van der Waals surface area contributed by atoms with E-state index in [1.165, 1.54) is 6.07 Å². The lowest BCUT2D eigenvalue weighted by molar-refractivity contribution is 0.102. The molecule has 2 aromatic rings. The van der Waals surface area contributed by atoms with E-state index in [0.717, 1.165) is 17.2 Å². The minimum Gasteiger partial charge on any atom is -0.397 e. The average Bonchev–Trinajstić information content (AvgIpc) is 2.38. The molecule has 0 bridgehead atoms. The number of hydrogen-bond acceptors (Lipinski definition) is 2. The Hall–Kier alpha value is -2.43. The smallest absolute Gasteiger partial charge is 0.255 e. The van der Waals surface area contributed by atoms with Crippen LogP contribution < -0.4 is 11.1 Å². The third-order valence-corrected chi connectivity index (χ3v) is 2.85. The Morgan fingerprint density at radius 2 is 1.70 bits per heavy atom. The maximum absolute atomic E-state index is 13.6. The summed E-state index contributed by atoms with van der Waals surface area (Å²) in [6, 6.07) is 7.35. The van der Waals surface area contributed by atoms with Gasteiger partial charge in [0.2, 0.25) is 0 Å². The van der Waals surface area contributed by atoms with Gasteiger partial charge in [0.25, 0.3) is 5.91 Å². The van der Waals surface area contributed by atoms with Crippen molar-refractivity contribution in [2.45, 2.75) is 13.8 Å². The number of amides is 1. The van der Waals surface area contributed by atoms with Crippen molar-refractivity contribution < 1.29 is 13.6 Å². The van der Waals surface area contributed by atoms with Gasteiger partial charge in [-0.1, -0.05) is 17.2 Å². The maximum Gasteiger partial charge on any atom is 0.255 e. The summed E-state index contributed by atoms with van der Waals surface area (Å²) < 4.78 is 26.8. The topological polar surface area (TPSA) is 55.1 Å². The highest BCUT2D eigenvalue weighted by Gasteiger charge is 2.15. The zero-order valence-corrected chi connectivity index (χ0v) is 11.1. The Morgan fingerprint density at radius 3 is 2.30 bits per heavy atom. The van der Waals surface area contributed by atoms with E-state index in [-0.39, 0.29) is 11.4 Å². The number of aryl methyl sites for hydroxylation is 2. The molecule has 3 nitrogen and oxygen atoms in total. The molecule has 0 radical (unpaired) electrons. The maximum atomic E-state index is 13.6. The number of anilines is 2. The highest BCUT2D eigenvalue weighted by Crippen LogP contribution is 2.25. The molecule has 0 aliphatic carbocycles. The van der Waals surface area contributed by atoms with Gasteiger partial charge in [0.05, 0.1) is 5.69 Å². The van der Waals surface area contributed by atoms with Gasteiger partial charge >= 0.3 is 0 Å². The molecule has 0 aliphatic rings. The van der Waals surface area contributed by atoms with Gasteiger partial charge in [-0.3, -0.25) is 4.79 Å². The van der Waals surface area contributed by atoms with Crippen molar-refractivity contribution in [2.24, 2.45) is 0 Å². The van der Waals surface area contributed by atoms with Crippen LogP contribution in [0.2, 0.25) is 0 Å². The van der Waals surface area contributed by atoms with Gasteiger partial charge in [-0.25, -0.2) is 8.78 Å². The lowest BCUT2D eigenvalue weighted by atomic mass is 10.1. The van der Waals surface area contributed by atoms with Crippen molar-refractivity contribution in [3.05, 3.63) is 58.7 Å². The first-order valence-corrected chi connectivity index (χ1v) is 6.01. The van der Waals surface area contributed by atoms with E-state index in [4.69, 9.17) is 5.73 Å². The van der Waals surface area contributed by atoms with Crippen molar-refractivity contribution in [1.29, 1.82) is 0 Å². The standard InChI is InChI=1S/C15H14F2N2O/c1-8-5-9(2)7-10(6-8)15(20)19-14-12(18)4-3-11(16)13(14)17/h3-7H,18H2,1-2H3,(H,19,20). The van der Waals surface area contributed by atoms with E-state index in [0.29, 0.717) is 5.56 Å². The molecule has 0 aromatic heterocycles. The average molecular weight is 276 g/mol. The van der Waals surface area contributed by atoms with Crippen LogP contribution in [-0.2, 0) is 0 Å². The largest absolute Gasteiger partial charge is 0.397 e. The summed E-state index contributed by atoms with van der Waals surface area (Å²) in [5.41, 5.74) is 7.37. The second-order valence-electron chi connectivity index (χ2n) is 4.66. The fraction of sp³-hybridized carbons (Fsp3) is 0.133. The van der Waals surface area contributed by atoms with Crippen LogP contribution in [0.1, 0.15) is 21.5 Å². The SMILES string of the molecule is Cc1cc(C)cc(C(=O)Nc2c(N)ccc(F)c2F)c1. The summed E-state index contributed by atoms with van der Waals surface area (Å²) in [5.74, 6) is -2.76. The van der Waals surface area contributed by atoms with Crippen molar-refractivity contribution in [3.63, 3.8) is 0 Å². The molecule has 0 heterocycles. The third-order valence-electron chi connectivity index (χ3n) is 2.85. The van der Waals surface area contributed by atoms with Gasteiger partial charge < -0.3 is 11.1 Å². The second kappa shape index (κ2) is 5.28. The summed E-state index contributed by atoms with van der Waals surface area (Å²) in [4.78, 5) is 12.1. The first kappa shape index (κ1) is 14.0. The summed E-state index contributed by atoms with van der Waals surface area (Å²) in [6.45, 7) is 3.70. The zero-order valence-electron chi connectivity index (χ0n) is 11.1. The normalized spacial score (nSPS) is 10.4. The molecule has 20 heavy (non-hydrogen) atoms. The Morgan fingerprint density at radius 1 is 1.10 bits per heavy atom. The second-order valence-corrected chi connectivity index (χ2v) is 4.66. The van der Waals surface area contributed by atoms with E-state index in [2.05, 4.69) is 5.32 Å². The third kappa shape index (κ3) is 2.77. The van der Waals surface area contributed by atoms with Crippen LogP contribution in [0.3, 0.4) is 0 Å². The van der Waals surface area contributed by atoms with E-state index >= 15 is 0 Å². The fourth-order valence-corrected chi connectivity index (χ4v) is 1.98. The monoisotopic (exact) mass is 276 g/mol. The van der Waals surface area contributed by atoms with Crippen LogP contribution in [0.15, 0.2) is 30.3 Å². The minimum absolute atomic E-state index is 0.0263. The summed E-state index contributed by atoms with van der Waals surface area (Å²) in [7, 11) is 0. The van der Waals surface area contributed by atoms with Crippen LogP contribution in [0.25, 0.3) is 0 Å². The van der Waals surface area contributed by atoms with Gasteiger partial charge in [-0.05, 0) is 38.1 Å². The number of nitrogen functional groups attached to an aromatic ring is 1. The molecule has 0 unspecified atom stereocenters. The highest BCUT2D eigenvalue weighted by molar-refractivity contribution is 6.06. The van der Waals surface area contributed by atoms with Gasteiger partial charge in [0, 0.05) is 5.56 Å². The lowest BCUT2D eigenvalue weighted by Crippen LogP contribution is -2.15. The van der Waals surface area contributed by atoms with Crippen LogP contribution in [0.4, 0.5) is 20.2 Å². The Bertz CT molecular complexity index is 664. The molecule has 0 fully saturated rings. The number of halogens is 2. The summed E-state index contributed by atoms with van der Waals surface area (Å²) in [5, 5.41) is 2.31. The first-order chi connectivity index (χ1) is 9.38. The molecule has 5 heteroatoms. The molecule has 2 rings (SSSR count). The zero-order chi connectivity index (χ0) is 14.9. The Labute approximate surface area is 115 Å². The molecule has 3 N–H and O–H groups in total. The number of carbonyl (C=O) groups excluding carboxylic acids is 1. The van der Waals surface area contributed by atoms with Gasteiger partial charge in [0.1, 0.15) is 5.69 Å². The fourth-order valence-electron chi connectivity index (χ4n) is 1.98. The number of nitrogens with one attached hydrogen (secondary N) is 1.